The number of amides is 2. The normalized spacial score (nSPS) is 19.8. The Morgan fingerprint density at radius 3 is 2.67 bits per heavy atom. The standard InChI is InChI=1S/C15H19N3O6/c1-15(2,3)24-14(20)16-6-7-18(23)9-10-8-11(17(21)22)4-5-12(10)13(18)19/h4-5,8H,6-7,9H2,1-3H3,(H,16,20). The Kier molecular flexibility index (Phi) is 4.59. The molecule has 1 aliphatic heterocycles. The zero-order chi connectivity index (χ0) is 18.1. The van der Waals surface area contributed by atoms with Gasteiger partial charge < -0.3 is 15.3 Å². The second kappa shape index (κ2) is 6.17. The van der Waals surface area contributed by atoms with E-state index in [0.29, 0.717) is 5.56 Å². The first-order valence-electron chi connectivity index (χ1n) is 7.39. The van der Waals surface area contributed by atoms with Crippen LogP contribution in [0.25, 0.3) is 0 Å². The van der Waals surface area contributed by atoms with Crippen LogP contribution in [-0.4, -0.2) is 40.3 Å². The Labute approximate surface area is 138 Å². The zero-order valence-electron chi connectivity index (χ0n) is 13.7. The maximum atomic E-state index is 12.7. The summed E-state index contributed by atoms with van der Waals surface area (Å²) >= 11 is 0. The summed E-state index contributed by atoms with van der Waals surface area (Å²) < 4.78 is 3.86. The van der Waals surface area contributed by atoms with Crippen LogP contribution < -0.4 is 5.32 Å². The molecule has 0 radical (unpaired) electrons. The molecule has 1 aromatic rings. The van der Waals surface area contributed by atoms with Crippen LogP contribution in [0.3, 0.4) is 0 Å². The maximum Gasteiger partial charge on any atom is 0.407 e. The second-order valence-electron chi connectivity index (χ2n) is 6.60. The summed E-state index contributed by atoms with van der Waals surface area (Å²) in [7, 11) is 0. The number of ether oxygens (including phenoxy) is 1. The van der Waals surface area contributed by atoms with Crippen LogP contribution in [0.4, 0.5) is 10.5 Å². The molecule has 0 saturated heterocycles. The third-order valence-electron chi connectivity index (χ3n) is 3.47. The molecule has 1 aromatic carbocycles. The number of hydroxylamine groups is 3. The largest absolute Gasteiger partial charge is 0.625 e. The molecule has 0 aliphatic carbocycles. The molecule has 2 amide bonds. The van der Waals surface area contributed by atoms with Crippen molar-refractivity contribution >= 4 is 17.7 Å². The number of nitrogens with zero attached hydrogens (tertiary/aromatic N) is 2. The van der Waals surface area contributed by atoms with E-state index in [1.54, 1.807) is 20.8 Å². The number of benzene rings is 1. The molecule has 24 heavy (non-hydrogen) atoms. The fraction of sp³-hybridized carbons (Fsp3) is 0.467. The van der Waals surface area contributed by atoms with Gasteiger partial charge in [0.2, 0.25) is 0 Å². The molecule has 1 heterocycles. The molecule has 1 N–H and O–H groups in total. The number of non-ortho nitro benzene ring substituents is 1. The lowest BCUT2D eigenvalue weighted by Gasteiger charge is -2.35. The molecular weight excluding hydrogens is 318 g/mol. The molecule has 130 valence electrons. The van der Waals surface area contributed by atoms with Crippen molar-refractivity contribution in [2.75, 3.05) is 13.1 Å². The molecule has 0 saturated carbocycles. The Bertz CT molecular complexity index is 697. The first-order chi connectivity index (χ1) is 11.0. The lowest BCUT2D eigenvalue weighted by Crippen LogP contribution is -2.47. The van der Waals surface area contributed by atoms with Gasteiger partial charge in [-0.1, -0.05) is 0 Å². The molecule has 0 bridgehead atoms. The number of quaternary nitrogens is 1. The summed E-state index contributed by atoms with van der Waals surface area (Å²) in [5.74, 6) is -0.661. The summed E-state index contributed by atoms with van der Waals surface area (Å²) in [4.78, 5) is 34.0. The number of carbonyl (C=O) groups is 2. The lowest BCUT2D eigenvalue weighted by molar-refractivity contribution is -0.806. The highest BCUT2D eigenvalue weighted by Gasteiger charge is 2.39. The average molecular weight is 337 g/mol. The number of hydrogen-bond acceptors (Lipinski definition) is 6. The average Bonchev–Trinajstić information content (AvgIpc) is 2.68. The van der Waals surface area contributed by atoms with Gasteiger partial charge in [-0.3, -0.25) is 14.8 Å². The summed E-state index contributed by atoms with van der Waals surface area (Å²) in [6.45, 7) is 4.72. The third kappa shape index (κ3) is 3.87. The van der Waals surface area contributed by atoms with Crippen molar-refractivity contribution in [2.45, 2.75) is 32.9 Å². The van der Waals surface area contributed by atoms with Gasteiger partial charge in [0, 0.05) is 17.7 Å². The van der Waals surface area contributed by atoms with E-state index < -0.39 is 27.2 Å². The van der Waals surface area contributed by atoms with Gasteiger partial charge in [-0.15, -0.1) is 0 Å². The van der Waals surface area contributed by atoms with Gasteiger partial charge in [-0.05, 0) is 26.8 Å². The van der Waals surface area contributed by atoms with E-state index >= 15 is 0 Å². The van der Waals surface area contributed by atoms with E-state index in [-0.39, 0.29) is 30.9 Å². The molecule has 0 aromatic heterocycles. The fourth-order valence-corrected chi connectivity index (χ4v) is 2.43. The molecule has 1 unspecified atom stereocenters. The molecule has 0 spiro atoms. The topological polar surface area (TPSA) is 122 Å². The van der Waals surface area contributed by atoms with Gasteiger partial charge in [0.25, 0.3) is 5.69 Å². The van der Waals surface area contributed by atoms with E-state index in [1.165, 1.54) is 18.2 Å². The highest BCUT2D eigenvalue weighted by Crippen LogP contribution is 2.31. The number of nitro groups is 1. The van der Waals surface area contributed by atoms with Crippen LogP contribution in [-0.2, 0) is 11.3 Å². The zero-order valence-corrected chi connectivity index (χ0v) is 13.7. The Morgan fingerprint density at radius 1 is 1.42 bits per heavy atom. The SMILES string of the molecule is CC(C)(C)OC(=O)NCC[N+]1([O-])Cc2cc([N+](=O)[O-])ccc2C1=O. The second-order valence-corrected chi connectivity index (χ2v) is 6.60. The first kappa shape index (κ1) is 17.8. The van der Waals surface area contributed by atoms with Gasteiger partial charge in [-0.2, -0.15) is 0 Å². The molecule has 9 nitrogen and oxygen atoms in total. The highest BCUT2D eigenvalue weighted by atomic mass is 16.6. The molecule has 9 heteroatoms. The van der Waals surface area contributed by atoms with Crippen LogP contribution in [0, 0.1) is 15.3 Å². The smallest absolute Gasteiger partial charge is 0.407 e. The van der Waals surface area contributed by atoms with Crippen LogP contribution >= 0.6 is 0 Å². The fourth-order valence-electron chi connectivity index (χ4n) is 2.43. The quantitative estimate of drug-likeness (QED) is 0.388. The first-order valence-corrected chi connectivity index (χ1v) is 7.39. The Balaban J connectivity index is 2.00. The minimum absolute atomic E-state index is 0.0414. The summed E-state index contributed by atoms with van der Waals surface area (Å²) in [6, 6.07) is 3.74. The molecule has 1 atom stereocenters. The van der Waals surface area contributed by atoms with Gasteiger partial charge in [0.05, 0.1) is 17.0 Å². The number of carbonyl (C=O) groups excluding carboxylic acids is 2. The van der Waals surface area contributed by atoms with E-state index in [0.717, 1.165) is 0 Å². The van der Waals surface area contributed by atoms with E-state index in [2.05, 4.69) is 5.32 Å². The summed E-state index contributed by atoms with van der Waals surface area (Å²) in [6.07, 6.45) is -0.672. The van der Waals surface area contributed by atoms with Gasteiger partial charge in [0.15, 0.2) is 0 Å². The van der Waals surface area contributed by atoms with E-state index in [9.17, 15) is 24.9 Å². The lowest BCUT2D eigenvalue weighted by atomic mass is 10.1. The number of nitrogens with one attached hydrogen (secondary N) is 1. The molecule has 2 rings (SSSR count). The van der Waals surface area contributed by atoms with Crippen LogP contribution in [0.5, 0.6) is 0 Å². The van der Waals surface area contributed by atoms with Crippen LogP contribution in [0.15, 0.2) is 18.2 Å². The highest BCUT2D eigenvalue weighted by molar-refractivity contribution is 5.93. The number of rotatable bonds is 4. The van der Waals surface area contributed by atoms with Gasteiger partial charge in [-0.25, -0.2) is 9.59 Å². The van der Waals surface area contributed by atoms with Crippen molar-refractivity contribution in [3.63, 3.8) is 0 Å². The molecule has 0 fully saturated rings. The maximum absolute atomic E-state index is 12.7. The number of fused-ring (bicyclic) bond motifs is 1. The summed E-state index contributed by atoms with van der Waals surface area (Å²) in [5, 5.41) is 25.9. The predicted molar refractivity (Wildman–Crippen MR) is 83.9 cm³/mol. The molecular formula is C15H19N3O6. The monoisotopic (exact) mass is 337 g/mol. The van der Waals surface area contributed by atoms with E-state index in [1.807, 2.05) is 0 Å². The van der Waals surface area contributed by atoms with Crippen molar-refractivity contribution in [3.05, 3.63) is 44.6 Å². The Hall–Kier alpha value is -2.52. The Morgan fingerprint density at radius 2 is 2.08 bits per heavy atom. The molecule has 1 aliphatic rings. The minimum Gasteiger partial charge on any atom is -0.625 e. The van der Waals surface area contributed by atoms with Crippen molar-refractivity contribution in [2.24, 2.45) is 0 Å². The number of nitro benzene ring substituents is 1. The number of hydrogen-bond donors (Lipinski definition) is 1. The number of alkyl carbamates (subject to hydrolysis) is 1. The summed E-state index contributed by atoms with van der Waals surface area (Å²) in [5.41, 5.74) is -0.289. The van der Waals surface area contributed by atoms with E-state index in [4.69, 9.17) is 4.74 Å². The van der Waals surface area contributed by atoms with Crippen LogP contribution in [0.2, 0.25) is 0 Å². The van der Waals surface area contributed by atoms with Gasteiger partial charge in [0.1, 0.15) is 18.7 Å². The third-order valence-corrected chi connectivity index (χ3v) is 3.47. The van der Waals surface area contributed by atoms with Crippen molar-refractivity contribution < 1.29 is 23.9 Å². The minimum atomic E-state index is -1.19. The van der Waals surface area contributed by atoms with Gasteiger partial charge >= 0.3 is 12.0 Å². The van der Waals surface area contributed by atoms with Crippen molar-refractivity contribution in [1.29, 1.82) is 0 Å². The van der Waals surface area contributed by atoms with Crippen molar-refractivity contribution in [1.82, 2.24) is 5.32 Å². The predicted octanol–water partition coefficient (Wildman–Crippen LogP) is 2.09. The van der Waals surface area contributed by atoms with Crippen molar-refractivity contribution in [3.8, 4) is 0 Å². The van der Waals surface area contributed by atoms with Crippen LogP contribution in [0.1, 0.15) is 36.7 Å².